The standard InChI is InChI=1S/C17H14N6OS/c1-23-14-5-3-2-4-11(14)21-15(23)9-20-16(24)13-10-25-17(22-13)12-8-18-6-7-19-12/h2-8,10H,9H2,1H3,(H,20,24). The van der Waals surface area contributed by atoms with E-state index in [-0.39, 0.29) is 5.91 Å². The molecule has 0 saturated heterocycles. The van der Waals surface area contributed by atoms with Gasteiger partial charge in [0, 0.05) is 24.8 Å². The largest absolute Gasteiger partial charge is 0.343 e. The zero-order valence-corrected chi connectivity index (χ0v) is 14.2. The highest BCUT2D eigenvalue weighted by atomic mass is 32.1. The number of aryl methyl sites for hydroxylation is 1. The fraction of sp³-hybridized carbons (Fsp3) is 0.118. The molecule has 0 spiro atoms. The summed E-state index contributed by atoms with van der Waals surface area (Å²) in [5.41, 5.74) is 2.96. The van der Waals surface area contributed by atoms with Gasteiger partial charge in [0.15, 0.2) is 0 Å². The first-order valence-electron chi connectivity index (χ1n) is 7.63. The second kappa shape index (κ2) is 6.40. The van der Waals surface area contributed by atoms with Crippen LogP contribution >= 0.6 is 11.3 Å². The number of carbonyl (C=O) groups excluding carboxylic acids is 1. The number of fused-ring (bicyclic) bond motifs is 1. The van der Waals surface area contributed by atoms with Crippen molar-refractivity contribution in [1.82, 2.24) is 29.8 Å². The maximum atomic E-state index is 12.3. The van der Waals surface area contributed by atoms with Crippen molar-refractivity contribution in [2.24, 2.45) is 7.05 Å². The number of nitrogens with one attached hydrogen (secondary N) is 1. The van der Waals surface area contributed by atoms with E-state index in [4.69, 9.17) is 0 Å². The first-order chi connectivity index (χ1) is 12.2. The minimum Gasteiger partial charge on any atom is -0.343 e. The molecule has 25 heavy (non-hydrogen) atoms. The lowest BCUT2D eigenvalue weighted by Crippen LogP contribution is -2.24. The normalized spacial score (nSPS) is 10.9. The topological polar surface area (TPSA) is 85.6 Å². The lowest BCUT2D eigenvalue weighted by Gasteiger charge is -2.04. The lowest BCUT2D eigenvalue weighted by molar-refractivity contribution is 0.0945. The van der Waals surface area contributed by atoms with Crippen LogP contribution in [-0.4, -0.2) is 30.4 Å². The number of benzene rings is 1. The number of amides is 1. The van der Waals surface area contributed by atoms with Crippen LogP contribution in [0.25, 0.3) is 21.7 Å². The van der Waals surface area contributed by atoms with Crippen LogP contribution < -0.4 is 5.32 Å². The van der Waals surface area contributed by atoms with E-state index in [1.54, 1.807) is 24.0 Å². The Labute approximate surface area is 147 Å². The summed E-state index contributed by atoms with van der Waals surface area (Å²) in [7, 11) is 1.94. The second-order valence-corrected chi connectivity index (χ2v) is 6.25. The Hall–Kier alpha value is -3.13. The van der Waals surface area contributed by atoms with Gasteiger partial charge in [-0.25, -0.2) is 9.97 Å². The fourth-order valence-corrected chi connectivity index (χ4v) is 3.27. The molecule has 0 atom stereocenters. The van der Waals surface area contributed by atoms with E-state index in [1.807, 2.05) is 35.9 Å². The number of hydrogen-bond acceptors (Lipinski definition) is 6. The van der Waals surface area contributed by atoms with Crippen molar-refractivity contribution < 1.29 is 4.79 Å². The summed E-state index contributed by atoms with van der Waals surface area (Å²) in [6.07, 6.45) is 4.82. The zero-order chi connectivity index (χ0) is 17.2. The summed E-state index contributed by atoms with van der Waals surface area (Å²) < 4.78 is 1.97. The molecule has 1 N–H and O–H groups in total. The van der Waals surface area contributed by atoms with E-state index >= 15 is 0 Å². The van der Waals surface area contributed by atoms with Crippen LogP contribution in [0.4, 0.5) is 0 Å². The van der Waals surface area contributed by atoms with Gasteiger partial charge in [-0.05, 0) is 12.1 Å². The highest BCUT2D eigenvalue weighted by molar-refractivity contribution is 7.13. The molecule has 0 bridgehead atoms. The highest BCUT2D eigenvalue weighted by Gasteiger charge is 2.14. The number of carbonyl (C=O) groups is 1. The number of imidazole rings is 1. The molecule has 0 aliphatic carbocycles. The van der Waals surface area contributed by atoms with Gasteiger partial charge in [-0.1, -0.05) is 12.1 Å². The zero-order valence-electron chi connectivity index (χ0n) is 13.4. The smallest absolute Gasteiger partial charge is 0.271 e. The molecule has 1 aromatic carbocycles. The van der Waals surface area contributed by atoms with Crippen molar-refractivity contribution in [3.05, 3.63) is 59.8 Å². The van der Waals surface area contributed by atoms with E-state index in [1.165, 1.54) is 11.3 Å². The monoisotopic (exact) mass is 350 g/mol. The summed E-state index contributed by atoms with van der Waals surface area (Å²) in [5, 5.41) is 5.25. The van der Waals surface area contributed by atoms with Crippen molar-refractivity contribution in [2.75, 3.05) is 0 Å². The molecule has 3 aromatic heterocycles. The average Bonchev–Trinajstić information content (AvgIpc) is 3.26. The van der Waals surface area contributed by atoms with Crippen molar-refractivity contribution in [1.29, 1.82) is 0 Å². The Bertz CT molecular complexity index is 1040. The SMILES string of the molecule is Cn1c(CNC(=O)c2csc(-c3cnccn3)n2)nc2ccccc21. The van der Waals surface area contributed by atoms with Crippen molar-refractivity contribution in [3.8, 4) is 10.7 Å². The minimum atomic E-state index is -0.238. The fourth-order valence-electron chi connectivity index (χ4n) is 2.51. The minimum absolute atomic E-state index is 0.238. The third-order valence-corrected chi connectivity index (χ3v) is 4.67. The molecule has 0 fully saturated rings. The van der Waals surface area contributed by atoms with E-state index in [2.05, 4.69) is 25.3 Å². The van der Waals surface area contributed by atoms with Crippen molar-refractivity contribution >= 4 is 28.3 Å². The Balaban J connectivity index is 1.49. The number of thiazole rings is 1. The maximum Gasteiger partial charge on any atom is 0.271 e. The van der Waals surface area contributed by atoms with Gasteiger partial charge in [-0.3, -0.25) is 14.8 Å². The first kappa shape index (κ1) is 15.4. The summed E-state index contributed by atoms with van der Waals surface area (Å²) in [5.74, 6) is 0.553. The Morgan fingerprint density at radius 1 is 1.24 bits per heavy atom. The molecule has 4 rings (SSSR count). The van der Waals surface area contributed by atoms with Gasteiger partial charge >= 0.3 is 0 Å². The quantitative estimate of drug-likeness (QED) is 0.611. The lowest BCUT2D eigenvalue weighted by atomic mass is 10.3. The molecule has 0 radical (unpaired) electrons. The Morgan fingerprint density at radius 2 is 2.12 bits per heavy atom. The summed E-state index contributed by atoms with van der Waals surface area (Å²) in [6.45, 7) is 0.335. The maximum absolute atomic E-state index is 12.3. The predicted molar refractivity (Wildman–Crippen MR) is 95.0 cm³/mol. The van der Waals surface area contributed by atoms with Crippen LogP contribution in [0.15, 0.2) is 48.2 Å². The molecular formula is C17H14N6OS. The molecule has 124 valence electrons. The molecule has 4 aromatic rings. The summed E-state index contributed by atoms with van der Waals surface area (Å²) >= 11 is 1.36. The van der Waals surface area contributed by atoms with Crippen LogP contribution in [-0.2, 0) is 13.6 Å². The van der Waals surface area contributed by atoms with Gasteiger partial charge < -0.3 is 9.88 Å². The number of rotatable bonds is 4. The van der Waals surface area contributed by atoms with Gasteiger partial charge in [-0.2, -0.15) is 0 Å². The van der Waals surface area contributed by atoms with Crippen LogP contribution in [0.3, 0.4) is 0 Å². The van der Waals surface area contributed by atoms with E-state index < -0.39 is 0 Å². The van der Waals surface area contributed by atoms with Crippen LogP contribution in [0.2, 0.25) is 0 Å². The Morgan fingerprint density at radius 3 is 2.92 bits per heavy atom. The molecule has 7 nitrogen and oxygen atoms in total. The van der Waals surface area contributed by atoms with Crippen molar-refractivity contribution in [3.63, 3.8) is 0 Å². The summed E-state index contributed by atoms with van der Waals surface area (Å²) in [6, 6.07) is 7.87. The Kier molecular flexibility index (Phi) is 3.95. The van der Waals surface area contributed by atoms with Crippen molar-refractivity contribution in [2.45, 2.75) is 6.54 Å². The van der Waals surface area contributed by atoms with Crippen LogP contribution in [0.1, 0.15) is 16.3 Å². The molecule has 3 heterocycles. The highest BCUT2D eigenvalue weighted by Crippen LogP contribution is 2.20. The molecule has 1 amide bonds. The predicted octanol–water partition coefficient (Wildman–Crippen LogP) is 2.42. The van der Waals surface area contributed by atoms with Crippen LogP contribution in [0, 0.1) is 0 Å². The summed E-state index contributed by atoms with van der Waals surface area (Å²) in [4.78, 5) is 29.4. The third kappa shape index (κ3) is 2.99. The first-order valence-corrected chi connectivity index (χ1v) is 8.51. The van der Waals surface area contributed by atoms with Gasteiger partial charge in [0.25, 0.3) is 5.91 Å². The number of hydrogen-bond donors (Lipinski definition) is 1. The number of nitrogens with zero attached hydrogens (tertiary/aromatic N) is 5. The molecule has 0 aliphatic rings. The van der Waals surface area contributed by atoms with Gasteiger partial charge in [0.05, 0.1) is 23.8 Å². The molecular weight excluding hydrogens is 336 g/mol. The van der Waals surface area contributed by atoms with Gasteiger partial charge in [-0.15, -0.1) is 11.3 Å². The molecule has 0 saturated carbocycles. The second-order valence-electron chi connectivity index (χ2n) is 5.39. The number of para-hydroxylation sites is 2. The number of aromatic nitrogens is 5. The molecule has 0 aliphatic heterocycles. The van der Waals surface area contributed by atoms with E-state index in [9.17, 15) is 4.79 Å². The molecule has 0 unspecified atom stereocenters. The van der Waals surface area contributed by atoms with Gasteiger partial charge in [0.2, 0.25) is 0 Å². The van der Waals surface area contributed by atoms with E-state index in [0.717, 1.165) is 16.9 Å². The third-order valence-electron chi connectivity index (χ3n) is 3.81. The van der Waals surface area contributed by atoms with E-state index in [0.29, 0.717) is 22.9 Å². The average molecular weight is 350 g/mol. The van der Waals surface area contributed by atoms with Crippen LogP contribution in [0.5, 0.6) is 0 Å². The van der Waals surface area contributed by atoms with Gasteiger partial charge in [0.1, 0.15) is 22.2 Å². The molecule has 8 heteroatoms.